The van der Waals surface area contributed by atoms with Gasteiger partial charge in [0.1, 0.15) is 5.82 Å². The number of amides is 1. The Balaban J connectivity index is 2.75. The van der Waals surface area contributed by atoms with Crippen LogP contribution in [0.3, 0.4) is 0 Å². The van der Waals surface area contributed by atoms with E-state index in [1.54, 1.807) is 4.90 Å². The van der Waals surface area contributed by atoms with Crippen LogP contribution >= 0.6 is 0 Å². The average molecular weight is 220 g/mol. The third kappa shape index (κ3) is 3.06. The van der Waals surface area contributed by atoms with Gasteiger partial charge in [-0.2, -0.15) is 5.26 Å². The van der Waals surface area contributed by atoms with Crippen molar-refractivity contribution < 1.29 is 9.18 Å². The van der Waals surface area contributed by atoms with Crippen molar-refractivity contribution in [2.24, 2.45) is 0 Å². The minimum Gasteiger partial charge on any atom is -0.338 e. The highest BCUT2D eigenvalue weighted by molar-refractivity contribution is 5.94. The SMILES string of the molecule is CCN(CCC#N)C(=O)c1ccc(F)cc1. The smallest absolute Gasteiger partial charge is 0.253 e. The molecule has 0 fully saturated rings. The molecule has 3 nitrogen and oxygen atoms in total. The summed E-state index contributed by atoms with van der Waals surface area (Å²) >= 11 is 0. The molecular weight excluding hydrogens is 207 g/mol. The van der Waals surface area contributed by atoms with Crippen LogP contribution in [0.4, 0.5) is 4.39 Å². The molecule has 0 spiro atoms. The number of nitriles is 1. The Morgan fingerprint density at radius 1 is 1.44 bits per heavy atom. The molecule has 0 saturated carbocycles. The first kappa shape index (κ1) is 12.2. The monoisotopic (exact) mass is 220 g/mol. The predicted molar refractivity (Wildman–Crippen MR) is 58.2 cm³/mol. The van der Waals surface area contributed by atoms with Gasteiger partial charge in [0, 0.05) is 18.7 Å². The maximum atomic E-state index is 12.7. The molecule has 84 valence electrons. The zero-order valence-electron chi connectivity index (χ0n) is 9.11. The fourth-order valence-electron chi connectivity index (χ4n) is 1.36. The molecule has 0 aliphatic carbocycles. The van der Waals surface area contributed by atoms with Crippen LogP contribution in [0, 0.1) is 17.1 Å². The largest absolute Gasteiger partial charge is 0.338 e. The molecule has 1 aromatic carbocycles. The van der Waals surface area contributed by atoms with Crippen LogP contribution < -0.4 is 0 Å². The lowest BCUT2D eigenvalue weighted by molar-refractivity contribution is 0.0768. The van der Waals surface area contributed by atoms with E-state index in [1.807, 2.05) is 13.0 Å². The lowest BCUT2D eigenvalue weighted by Crippen LogP contribution is -2.31. The van der Waals surface area contributed by atoms with E-state index in [0.29, 0.717) is 25.1 Å². The van der Waals surface area contributed by atoms with Crippen molar-refractivity contribution in [1.29, 1.82) is 5.26 Å². The maximum Gasteiger partial charge on any atom is 0.253 e. The van der Waals surface area contributed by atoms with Gasteiger partial charge in [0.2, 0.25) is 0 Å². The summed E-state index contributed by atoms with van der Waals surface area (Å²) in [7, 11) is 0. The van der Waals surface area contributed by atoms with Crippen molar-refractivity contribution in [3.63, 3.8) is 0 Å². The summed E-state index contributed by atoms with van der Waals surface area (Å²) in [5.41, 5.74) is 0.446. The van der Waals surface area contributed by atoms with E-state index in [0.717, 1.165) is 0 Å². The maximum absolute atomic E-state index is 12.7. The number of hydrogen-bond donors (Lipinski definition) is 0. The summed E-state index contributed by atoms with van der Waals surface area (Å²) in [6, 6.07) is 7.41. The molecule has 0 aromatic heterocycles. The highest BCUT2D eigenvalue weighted by atomic mass is 19.1. The summed E-state index contributed by atoms with van der Waals surface area (Å²) in [4.78, 5) is 13.5. The van der Waals surface area contributed by atoms with Crippen molar-refractivity contribution >= 4 is 5.91 Å². The molecule has 0 atom stereocenters. The summed E-state index contributed by atoms with van der Waals surface area (Å²) in [5.74, 6) is -0.533. The summed E-state index contributed by atoms with van der Waals surface area (Å²) in [5, 5.41) is 8.46. The molecule has 0 bridgehead atoms. The van der Waals surface area contributed by atoms with Crippen LogP contribution in [0.2, 0.25) is 0 Å². The van der Waals surface area contributed by atoms with Crippen molar-refractivity contribution in [3.05, 3.63) is 35.6 Å². The molecule has 0 aliphatic rings. The zero-order chi connectivity index (χ0) is 12.0. The molecule has 0 unspecified atom stereocenters. The molecule has 0 aliphatic heterocycles. The quantitative estimate of drug-likeness (QED) is 0.780. The van der Waals surface area contributed by atoms with Crippen LogP contribution in [0.25, 0.3) is 0 Å². The molecule has 0 radical (unpaired) electrons. The van der Waals surface area contributed by atoms with Crippen molar-refractivity contribution in [3.8, 4) is 6.07 Å². The van der Waals surface area contributed by atoms with Crippen LogP contribution in [0.1, 0.15) is 23.7 Å². The second-order valence-corrected chi connectivity index (χ2v) is 3.30. The molecule has 0 N–H and O–H groups in total. The van der Waals surface area contributed by atoms with Crippen molar-refractivity contribution in [2.75, 3.05) is 13.1 Å². The number of halogens is 1. The third-order valence-electron chi connectivity index (χ3n) is 2.25. The topological polar surface area (TPSA) is 44.1 Å². The van der Waals surface area contributed by atoms with E-state index in [4.69, 9.17) is 5.26 Å². The molecule has 0 heterocycles. The van der Waals surface area contributed by atoms with E-state index in [2.05, 4.69) is 0 Å². The van der Waals surface area contributed by atoms with Gasteiger partial charge in [-0.3, -0.25) is 4.79 Å². The van der Waals surface area contributed by atoms with Gasteiger partial charge in [-0.1, -0.05) is 0 Å². The van der Waals surface area contributed by atoms with Crippen LogP contribution in [-0.2, 0) is 0 Å². The van der Waals surface area contributed by atoms with Gasteiger partial charge in [0.05, 0.1) is 12.5 Å². The summed E-state index contributed by atoms with van der Waals surface area (Å²) in [6.45, 7) is 2.79. The van der Waals surface area contributed by atoms with Crippen molar-refractivity contribution in [2.45, 2.75) is 13.3 Å². The van der Waals surface area contributed by atoms with Crippen LogP contribution in [0.15, 0.2) is 24.3 Å². The molecular formula is C12H13FN2O. The summed E-state index contributed by atoms with van der Waals surface area (Å²) in [6.07, 6.45) is 0.306. The lowest BCUT2D eigenvalue weighted by Gasteiger charge is -2.19. The lowest BCUT2D eigenvalue weighted by atomic mass is 10.2. The Hall–Kier alpha value is -1.89. The number of hydrogen-bond acceptors (Lipinski definition) is 2. The van der Waals surface area contributed by atoms with E-state index < -0.39 is 0 Å². The Labute approximate surface area is 94.1 Å². The molecule has 4 heteroatoms. The van der Waals surface area contributed by atoms with Gasteiger partial charge in [0.25, 0.3) is 5.91 Å². The highest BCUT2D eigenvalue weighted by Crippen LogP contribution is 2.07. The number of benzene rings is 1. The van der Waals surface area contributed by atoms with Crippen LogP contribution in [-0.4, -0.2) is 23.9 Å². The van der Waals surface area contributed by atoms with Gasteiger partial charge in [-0.15, -0.1) is 0 Å². The number of carbonyl (C=O) groups excluding carboxylic acids is 1. The standard InChI is InChI=1S/C12H13FN2O/c1-2-15(9-3-8-14)12(16)10-4-6-11(13)7-5-10/h4-7H,2-3,9H2,1H3. The van der Waals surface area contributed by atoms with Gasteiger partial charge < -0.3 is 4.90 Å². The van der Waals surface area contributed by atoms with E-state index >= 15 is 0 Å². The number of nitrogens with zero attached hydrogens (tertiary/aromatic N) is 2. The zero-order valence-corrected chi connectivity index (χ0v) is 9.11. The Bertz CT molecular complexity index is 394. The van der Waals surface area contributed by atoms with Crippen molar-refractivity contribution in [1.82, 2.24) is 4.90 Å². The van der Waals surface area contributed by atoms with E-state index in [-0.39, 0.29) is 11.7 Å². The van der Waals surface area contributed by atoms with Gasteiger partial charge in [-0.05, 0) is 31.2 Å². The van der Waals surface area contributed by atoms with E-state index in [9.17, 15) is 9.18 Å². The molecule has 16 heavy (non-hydrogen) atoms. The molecule has 0 saturated heterocycles. The van der Waals surface area contributed by atoms with Gasteiger partial charge in [0.15, 0.2) is 0 Å². The first-order chi connectivity index (χ1) is 7.69. The molecule has 1 amide bonds. The predicted octanol–water partition coefficient (Wildman–Crippen LogP) is 2.20. The Kier molecular flexibility index (Phi) is 4.46. The number of rotatable bonds is 4. The van der Waals surface area contributed by atoms with Gasteiger partial charge >= 0.3 is 0 Å². The summed E-state index contributed by atoms with van der Waals surface area (Å²) < 4.78 is 12.7. The first-order valence-corrected chi connectivity index (χ1v) is 5.10. The Morgan fingerprint density at radius 2 is 2.06 bits per heavy atom. The Morgan fingerprint density at radius 3 is 2.56 bits per heavy atom. The van der Waals surface area contributed by atoms with E-state index in [1.165, 1.54) is 24.3 Å². The third-order valence-corrected chi connectivity index (χ3v) is 2.25. The first-order valence-electron chi connectivity index (χ1n) is 5.10. The minimum absolute atomic E-state index is 0.169. The normalized spacial score (nSPS) is 9.56. The number of carbonyl (C=O) groups is 1. The second-order valence-electron chi connectivity index (χ2n) is 3.30. The molecule has 1 aromatic rings. The van der Waals surface area contributed by atoms with Gasteiger partial charge in [-0.25, -0.2) is 4.39 Å². The fourth-order valence-corrected chi connectivity index (χ4v) is 1.36. The highest BCUT2D eigenvalue weighted by Gasteiger charge is 2.13. The average Bonchev–Trinajstić information content (AvgIpc) is 2.30. The second kappa shape index (κ2) is 5.86. The fraction of sp³-hybridized carbons (Fsp3) is 0.333. The molecule has 1 rings (SSSR count). The van der Waals surface area contributed by atoms with Crippen LogP contribution in [0.5, 0.6) is 0 Å². The minimum atomic E-state index is -0.364.